The van der Waals surface area contributed by atoms with E-state index in [1.807, 2.05) is 42.5 Å². The van der Waals surface area contributed by atoms with Crippen LogP contribution >= 0.6 is 0 Å². The molecule has 0 bridgehead atoms. The summed E-state index contributed by atoms with van der Waals surface area (Å²) in [5.74, 6) is 0.865. The Morgan fingerprint density at radius 3 is 2.85 bits per heavy atom. The van der Waals surface area contributed by atoms with Crippen molar-refractivity contribution in [1.82, 2.24) is 5.32 Å². The molecule has 1 aromatic heterocycles. The molecule has 3 rings (SSSR count). The minimum atomic E-state index is 0.634. The van der Waals surface area contributed by atoms with Gasteiger partial charge in [-0.05, 0) is 24.3 Å². The van der Waals surface area contributed by atoms with Crippen LogP contribution in [0.15, 0.2) is 59.5 Å². The first kappa shape index (κ1) is 12.8. The summed E-state index contributed by atoms with van der Waals surface area (Å²) in [6.45, 7) is 5.90. The van der Waals surface area contributed by atoms with Crippen LogP contribution in [0.4, 0.5) is 0 Å². The quantitative estimate of drug-likeness (QED) is 0.545. The molecule has 102 valence electrons. The van der Waals surface area contributed by atoms with E-state index in [1.54, 1.807) is 0 Å². The first-order valence-corrected chi connectivity index (χ1v) is 6.74. The third kappa shape index (κ3) is 2.53. The lowest BCUT2D eigenvalue weighted by atomic mass is 10.1. The smallest absolute Gasteiger partial charge is 0.135 e. The van der Waals surface area contributed by atoms with Crippen molar-refractivity contribution < 1.29 is 9.15 Å². The van der Waals surface area contributed by atoms with Gasteiger partial charge >= 0.3 is 0 Å². The Bertz CT molecular complexity index is 730. The van der Waals surface area contributed by atoms with Gasteiger partial charge in [0.1, 0.15) is 23.5 Å². The molecule has 0 saturated heterocycles. The van der Waals surface area contributed by atoms with E-state index in [4.69, 9.17) is 9.15 Å². The number of nitrogens with one attached hydrogen (secondary N) is 1. The van der Waals surface area contributed by atoms with Gasteiger partial charge in [-0.15, -0.1) is 6.58 Å². The summed E-state index contributed by atoms with van der Waals surface area (Å²) in [6.07, 6.45) is 1.84. The number of ether oxygens (including phenoxy) is 1. The van der Waals surface area contributed by atoms with E-state index in [9.17, 15) is 0 Å². The number of furan rings is 1. The summed E-state index contributed by atoms with van der Waals surface area (Å²) in [6, 6.07) is 14.0. The average molecular weight is 267 g/mol. The number of benzene rings is 2. The Hall–Kier alpha value is -2.26. The molecule has 0 unspecified atom stereocenters. The maximum absolute atomic E-state index is 5.79. The van der Waals surface area contributed by atoms with Gasteiger partial charge in [0.05, 0.1) is 0 Å². The molecule has 0 aliphatic rings. The second kappa shape index (κ2) is 5.80. The van der Waals surface area contributed by atoms with E-state index >= 15 is 0 Å². The lowest BCUT2D eigenvalue weighted by molar-refractivity contribution is 0.317. The first-order chi connectivity index (χ1) is 9.88. The van der Waals surface area contributed by atoms with Crippen LogP contribution in [0.1, 0.15) is 0 Å². The molecule has 20 heavy (non-hydrogen) atoms. The predicted molar refractivity (Wildman–Crippen MR) is 82.3 cm³/mol. The fourth-order valence-corrected chi connectivity index (χ4v) is 2.24. The highest BCUT2D eigenvalue weighted by Gasteiger charge is 2.07. The van der Waals surface area contributed by atoms with E-state index in [1.165, 1.54) is 0 Å². The standard InChI is InChI=1S/C17H17NO2/c1-2-9-18-10-11-19-13-7-8-17-15(12-13)14-5-3-4-6-16(14)20-17/h2-8,12,18H,1,9-11H2. The third-order valence-electron chi connectivity index (χ3n) is 3.18. The highest BCUT2D eigenvalue weighted by molar-refractivity contribution is 6.05. The molecule has 0 radical (unpaired) electrons. The lowest BCUT2D eigenvalue weighted by Crippen LogP contribution is -2.20. The molecule has 1 N–H and O–H groups in total. The Morgan fingerprint density at radius 2 is 1.95 bits per heavy atom. The van der Waals surface area contributed by atoms with Crippen LogP contribution in [0.25, 0.3) is 21.9 Å². The summed E-state index contributed by atoms with van der Waals surface area (Å²) in [5.41, 5.74) is 1.80. The van der Waals surface area contributed by atoms with Crippen molar-refractivity contribution in [3.8, 4) is 5.75 Å². The molecule has 2 aromatic carbocycles. The van der Waals surface area contributed by atoms with Gasteiger partial charge in [-0.2, -0.15) is 0 Å². The second-order valence-electron chi connectivity index (χ2n) is 4.60. The van der Waals surface area contributed by atoms with Crippen LogP contribution in [-0.4, -0.2) is 19.7 Å². The third-order valence-corrected chi connectivity index (χ3v) is 3.18. The number of fused-ring (bicyclic) bond motifs is 3. The Kier molecular flexibility index (Phi) is 3.70. The monoisotopic (exact) mass is 267 g/mol. The van der Waals surface area contributed by atoms with E-state index in [2.05, 4.69) is 18.0 Å². The lowest BCUT2D eigenvalue weighted by Gasteiger charge is -2.06. The highest BCUT2D eigenvalue weighted by atomic mass is 16.5. The van der Waals surface area contributed by atoms with E-state index in [0.717, 1.165) is 40.8 Å². The predicted octanol–water partition coefficient (Wildman–Crippen LogP) is 3.74. The molecule has 1 heterocycles. The van der Waals surface area contributed by atoms with Crippen LogP contribution in [0.2, 0.25) is 0 Å². The number of para-hydroxylation sites is 1. The Morgan fingerprint density at radius 1 is 1.10 bits per heavy atom. The van der Waals surface area contributed by atoms with Gasteiger partial charge in [-0.3, -0.25) is 0 Å². The van der Waals surface area contributed by atoms with Gasteiger partial charge in [-0.25, -0.2) is 0 Å². The van der Waals surface area contributed by atoms with Gasteiger partial charge in [0.2, 0.25) is 0 Å². The average Bonchev–Trinajstić information content (AvgIpc) is 2.85. The van der Waals surface area contributed by atoms with E-state index < -0.39 is 0 Å². The van der Waals surface area contributed by atoms with Crippen LogP contribution < -0.4 is 10.1 Å². The molecule has 0 aliphatic heterocycles. The topological polar surface area (TPSA) is 34.4 Å². The maximum Gasteiger partial charge on any atom is 0.135 e. The van der Waals surface area contributed by atoms with Crippen LogP contribution in [0.3, 0.4) is 0 Å². The van der Waals surface area contributed by atoms with E-state index in [-0.39, 0.29) is 0 Å². The molecule has 3 heteroatoms. The summed E-state index contributed by atoms with van der Waals surface area (Å²) in [4.78, 5) is 0. The highest BCUT2D eigenvalue weighted by Crippen LogP contribution is 2.31. The SMILES string of the molecule is C=CCNCCOc1ccc2oc3ccccc3c2c1. The molecule has 0 atom stereocenters. The van der Waals surface area contributed by atoms with Crippen molar-refractivity contribution in [2.24, 2.45) is 0 Å². The fraction of sp³-hybridized carbons (Fsp3) is 0.176. The summed E-state index contributed by atoms with van der Waals surface area (Å²) < 4.78 is 11.5. The first-order valence-electron chi connectivity index (χ1n) is 6.74. The van der Waals surface area contributed by atoms with Crippen molar-refractivity contribution in [3.05, 3.63) is 55.1 Å². The molecule has 3 nitrogen and oxygen atoms in total. The second-order valence-corrected chi connectivity index (χ2v) is 4.60. The van der Waals surface area contributed by atoms with Crippen molar-refractivity contribution >= 4 is 21.9 Å². The van der Waals surface area contributed by atoms with Gasteiger partial charge in [-0.1, -0.05) is 24.3 Å². The van der Waals surface area contributed by atoms with Crippen molar-refractivity contribution in [2.45, 2.75) is 0 Å². The van der Waals surface area contributed by atoms with Crippen LogP contribution in [0, 0.1) is 0 Å². The molecular weight excluding hydrogens is 250 g/mol. The molecular formula is C17H17NO2. The van der Waals surface area contributed by atoms with Crippen molar-refractivity contribution in [1.29, 1.82) is 0 Å². The van der Waals surface area contributed by atoms with E-state index in [0.29, 0.717) is 6.61 Å². The van der Waals surface area contributed by atoms with Gasteiger partial charge in [0.15, 0.2) is 0 Å². The normalized spacial score (nSPS) is 11.0. The largest absolute Gasteiger partial charge is 0.492 e. The zero-order valence-corrected chi connectivity index (χ0v) is 11.3. The van der Waals surface area contributed by atoms with Gasteiger partial charge in [0, 0.05) is 23.9 Å². The fourth-order valence-electron chi connectivity index (χ4n) is 2.24. The number of hydrogen-bond donors (Lipinski definition) is 1. The van der Waals surface area contributed by atoms with Crippen LogP contribution in [-0.2, 0) is 0 Å². The van der Waals surface area contributed by atoms with Gasteiger partial charge in [0.25, 0.3) is 0 Å². The summed E-state index contributed by atoms with van der Waals surface area (Å²) >= 11 is 0. The summed E-state index contributed by atoms with van der Waals surface area (Å²) in [7, 11) is 0. The maximum atomic E-state index is 5.79. The minimum Gasteiger partial charge on any atom is -0.492 e. The van der Waals surface area contributed by atoms with Crippen LogP contribution in [0.5, 0.6) is 5.75 Å². The summed E-state index contributed by atoms with van der Waals surface area (Å²) in [5, 5.41) is 5.42. The zero-order chi connectivity index (χ0) is 13.8. The zero-order valence-electron chi connectivity index (χ0n) is 11.3. The van der Waals surface area contributed by atoms with Crippen molar-refractivity contribution in [3.63, 3.8) is 0 Å². The molecule has 0 fully saturated rings. The molecule has 0 aliphatic carbocycles. The number of hydrogen-bond acceptors (Lipinski definition) is 3. The molecule has 0 amide bonds. The molecule has 0 spiro atoms. The number of rotatable bonds is 6. The molecule has 0 saturated carbocycles. The van der Waals surface area contributed by atoms with Gasteiger partial charge < -0.3 is 14.5 Å². The Labute approximate surface area is 117 Å². The Balaban J connectivity index is 1.79. The van der Waals surface area contributed by atoms with Crippen molar-refractivity contribution in [2.75, 3.05) is 19.7 Å². The minimum absolute atomic E-state index is 0.634. The molecule has 3 aromatic rings.